The number of benzene rings is 1. The number of hydrogen-bond acceptors (Lipinski definition) is 8. The second-order valence-corrected chi connectivity index (χ2v) is 7.31. The summed E-state index contributed by atoms with van der Waals surface area (Å²) in [7, 11) is 0. The molecule has 0 radical (unpaired) electrons. The predicted molar refractivity (Wildman–Crippen MR) is 118 cm³/mol. The van der Waals surface area contributed by atoms with Crippen molar-refractivity contribution in [1.29, 1.82) is 0 Å². The number of carbonyl (C=O) groups is 1. The van der Waals surface area contributed by atoms with Crippen LogP contribution in [0.1, 0.15) is 29.8 Å². The van der Waals surface area contributed by atoms with Crippen molar-refractivity contribution in [3.05, 3.63) is 53.9 Å². The summed E-state index contributed by atoms with van der Waals surface area (Å²) in [6, 6.07) is 10.5. The van der Waals surface area contributed by atoms with E-state index >= 15 is 0 Å². The third-order valence-corrected chi connectivity index (χ3v) is 5.25. The molecule has 0 aliphatic carbocycles. The van der Waals surface area contributed by atoms with E-state index in [1.54, 1.807) is 13.1 Å². The highest BCUT2D eigenvalue weighted by molar-refractivity contribution is 5.98. The maximum absolute atomic E-state index is 12.3. The molecule has 0 saturated carbocycles. The lowest BCUT2D eigenvalue weighted by Gasteiger charge is -2.34. The average molecular weight is 422 g/mol. The lowest BCUT2D eigenvalue weighted by Crippen LogP contribution is -2.46. The van der Waals surface area contributed by atoms with Gasteiger partial charge in [0, 0.05) is 45.1 Å². The van der Waals surface area contributed by atoms with Crippen LogP contribution < -0.4 is 9.64 Å². The number of esters is 1. The van der Waals surface area contributed by atoms with Crippen molar-refractivity contribution in [3.63, 3.8) is 0 Å². The van der Waals surface area contributed by atoms with Crippen LogP contribution in [0.4, 0.5) is 5.95 Å². The number of ether oxygens (including phenoxy) is 2. The summed E-state index contributed by atoms with van der Waals surface area (Å²) in [4.78, 5) is 30.5. The highest BCUT2D eigenvalue weighted by atomic mass is 16.5. The molecule has 8 nitrogen and oxygen atoms in total. The van der Waals surface area contributed by atoms with E-state index in [1.165, 1.54) is 11.8 Å². The summed E-state index contributed by atoms with van der Waals surface area (Å²) in [6.45, 7) is 8.85. The van der Waals surface area contributed by atoms with E-state index in [0.29, 0.717) is 34.9 Å². The Kier molecular flexibility index (Phi) is 6.57. The van der Waals surface area contributed by atoms with Gasteiger partial charge in [0.2, 0.25) is 5.95 Å². The summed E-state index contributed by atoms with van der Waals surface area (Å²) in [6.07, 6.45) is 3.16. The molecule has 1 saturated heterocycles. The standard InChI is InChI=1S/C23H27N5O3/c1-3-30-20-18-14-25-23(26-21(18)24-15-19(20)22(29)31-4-2)28-12-10-27(11-13-28)16-17-8-6-5-7-9-17/h5-9,14-15H,3-4,10-13,16H2,1-2H3. The fraction of sp³-hybridized carbons (Fsp3) is 0.391. The maximum Gasteiger partial charge on any atom is 0.343 e. The van der Waals surface area contributed by atoms with E-state index in [1.807, 2.05) is 13.0 Å². The monoisotopic (exact) mass is 421 g/mol. The van der Waals surface area contributed by atoms with Crippen LogP contribution in [0.15, 0.2) is 42.7 Å². The van der Waals surface area contributed by atoms with E-state index < -0.39 is 5.97 Å². The summed E-state index contributed by atoms with van der Waals surface area (Å²) < 4.78 is 10.9. The SMILES string of the molecule is CCOC(=O)c1cnc2nc(N3CCN(Cc4ccccc4)CC3)ncc2c1OCC. The van der Waals surface area contributed by atoms with Gasteiger partial charge in [-0.2, -0.15) is 4.98 Å². The number of piperazine rings is 1. The average Bonchev–Trinajstić information content (AvgIpc) is 2.80. The van der Waals surface area contributed by atoms with Gasteiger partial charge in [-0.05, 0) is 19.4 Å². The number of pyridine rings is 1. The van der Waals surface area contributed by atoms with E-state index in [2.05, 4.69) is 49.0 Å². The Balaban J connectivity index is 1.50. The Labute approximate surface area is 181 Å². The molecule has 0 bridgehead atoms. The third kappa shape index (κ3) is 4.74. The minimum Gasteiger partial charge on any atom is -0.492 e. The Morgan fingerprint density at radius 2 is 1.77 bits per heavy atom. The Morgan fingerprint density at radius 1 is 1.00 bits per heavy atom. The first kappa shape index (κ1) is 21.0. The van der Waals surface area contributed by atoms with Crippen LogP contribution >= 0.6 is 0 Å². The Bertz CT molecular complexity index is 1040. The fourth-order valence-electron chi connectivity index (χ4n) is 3.71. The minimum absolute atomic E-state index is 0.286. The third-order valence-electron chi connectivity index (χ3n) is 5.25. The molecule has 0 atom stereocenters. The highest BCUT2D eigenvalue weighted by Gasteiger charge is 2.22. The number of carbonyl (C=O) groups excluding carboxylic acids is 1. The Morgan fingerprint density at radius 3 is 2.48 bits per heavy atom. The molecule has 0 N–H and O–H groups in total. The summed E-state index contributed by atoms with van der Waals surface area (Å²) in [5, 5.41) is 0.610. The summed E-state index contributed by atoms with van der Waals surface area (Å²) >= 11 is 0. The van der Waals surface area contributed by atoms with Gasteiger partial charge < -0.3 is 14.4 Å². The van der Waals surface area contributed by atoms with E-state index in [-0.39, 0.29) is 6.61 Å². The molecule has 4 rings (SSSR count). The molecule has 162 valence electrons. The van der Waals surface area contributed by atoms with Crippen molar-refractivity contribution < 1.29 is 14.3 Å². The van der Waals surface area contributed by atoms with E-state index in [4.69, 9.17) is 9.47 Å². The van der Waals surface area contributed by atoms with Gasteiger partial charge >= 0.3 is 5.97 Å². The van der Waals surface area contributed by atoms with Gasteiger partial charge in [0.1, 0.15) is 11.3 Å². The maximum atomic E-state index is 12.3. The van der Waals surface area contributed by atoms with Crippen molar-refractivity contribution >= 4 is 23.0 Å². The smallest absolute Gasteiger partial charge is 0.343 e. The normalized spacial score (nSPS) is 14.6. The van der Waals surface area contributed by atoms with Gasteiger partial charge in [-0.1, -0.05) is 30.3 Å². The number of aromatic nitrogens is 3. The van der Waals surface area contributed by atoms with Crippen molar-refractivity contribution in [2.75, 3.05) is 44.3 Å². The molecule has 0 spiro atoms. The number of hydrogen-bond donors (Lipinski definition) is 0. The fourth-order valence-corrected chi connectivity index (χ4v) is 3.71. The summed E-state index contributed by atoms with van der Waals surface area (Å²) in [5.41, 5.74) is 2.12. The molecular weight excluding hydrogens is 394 g/mol. The minimum atomic E-state index is -0.459. The van der Waals surface area contributed by atoms with Crippen LogP contribution in [-0.2, 0) is 11.3 Å². The zero-order chi connectivity index (χ0) is 21.6. The molecule has 1 fully saturated rings. The molecule has 2 aromatic heterocycles. The van der Waals surface area contributed by atoms with E-state index in [9.17, 15) is 4.79 Å². The van der Waals surface area contributed by atoms with Gasteiger partial charge in [-0.15, -0.1) is 0 Å². The lowest BCUT2D eigenvalue weighted by molar-refractivity contribution is 0.0522. The second-order valence-electron chi connectivity index (χ2n) is 7.31. The van der Waals surface area contributed by atoms with Crippen LogP contribution in [-0.4, -0.2) is 65.2 Å². The van der Waals surface area contributed by atoms with Crippen LogP contribution in [0.5, 0.6) is 5.75 Å². The molecule has 8 heteroatoms. The largest absolute Gasteiger partial charge is 0.492 e. The molecule has 0 unspecified atom stereocenters. The van der Waals surface area contributed by atoms with Gasteiger partial charge in [0.15, 0.2) is 5.65 Å². The quantitative estimate of drug-likeness (QED) is 0.539. The first-order valence-corrected chi connectivity index (χ1v) is 10.7. The number of nitrogens with zero attached hydrogens (tertiary/aromatic N) is 5. The molecule has 1 aliphatic heterocycles. The van der Waals surface area contributed by atoms with Gasteiger partial charge in [0.25, 0.3) is 0 Å². The molecule has 0 amide bonds. The second kappa shape index (κ2) is 9.70. The van der Waals surface area contributed by atoms with Crippen LogP contribution in [0.3, 0.4) is 0 Å². The topological polar surface area (TPSA) is 80.7 Å². The van der Waals surface area contributed by atoms with Gasteiger partial charge in [0.05, 0.1) is 18.6 Å². The number of anilines is 1. The first-order chi connectivity index (χ1) is 15.2. The lowest BCUT2D eigenvalue weighted by atomic mass is 10.2. The molecule has 31 heavy (non-hydrogen) atoms. The zero-order valence-electron chi connectivity index (χ0n) is 18.0. The summed E-state index contributed by atoms with van der Waals surface area (Å²) in [5.74, 6) is 0.606. The number of rotatable bonds is 7. The van der Waals surface area contributed by atoms with Crippen molar-refractivity contribution in [2.24, 2.45) is 0 Å². The van der Waals surface area contributed by atoms with Crippen LogP contribution in [0.2, 0.25) is 0 Å². The molecule has 3 heterocycles. The van der Waals surface area contributed by atoms with Crippen LogP contribution in [0, 0.1) is 0 Å². The van der Waals surface area contributed by atoms with Gasteiger partial charge in [-0.25, -0.2) is 14.8 Å². The van der Waals surface area contributed by atoms with Crippen molar-refractivity contribution in [3.8, 4) is 5.75 Å². The van der Waals surface area contributed by atoms with Crippen LogP contribution in [0.25, 0.3) is 11.0 Å². The molecule has 3 aromatic rings. The predicted octanol–water partition coefficient (Wildman–Crippen LogP) is 2.92. The number of fused-ring (bicyclic) bond motifs is 1. The molecule has 1 aromatic carbocycles. The molecular formula is C23H27N5O3. The molecule has 1 aliphatic rings. The first-order valence-electron chi connectivity index (χ1n) is 10.7. The van der Waals surface area contributed by atoms with Gasteiger partial charge in [-0.3, -0.25) is 4.90 Å². The zero-order valence-corrected chi connectivity index (χ0v) is 18.0. The Hall–Kier alpha value is -3.26. The van der Waals surface area contributed by atoms with Crippen molar-refractivity contribution in [2.45, 2.75) is 20.4 Å². The van der Waals surface area contributed by atoms with Crippen molar-refractivity contribution in [1.82, 2.24) is 19.9 Å². The van der Waals surface area contributed by atoms with E-state index in [0.717, 1.165) is 32.7 Å². The highest BCUT2D eigenvalue weighted by Crippen LogP contribution is 2.29.